The van der Waals surface area contributed by atoms with Crippen LogP contribution in [0, 0.1) is 0 Å². The third kappa shape index (κ3) is 7.58. The van der Waals surface area contributed by atoms with Gasteiger partial charge in [0, 0.05) is 5.56 Å². The minimum Gasteiger partial charge on any atom is -0.493 e. The van der Waals surface area contributed by atoms with Gasteiger partial charge in [0.05, 0.1) is 59.3 Å². The average molecular weight is 784 g/mol. The molecule has 0 fully saturated rings. The second-order valence-electron chi connectivity index (χ2n) is 11.4. The number of thiazole rings is 1. The first-order valence-corrected chi connectivity index (χ1v) is 18.1. The van der Waals surface area contributed by atoms with Crippen molar-refractivity contribution in [3.8, 4) is 17.2 Å². The second-order valence-corrected chi connectivity index (χ2v) is 13.3. The molecule has 6 rings (SSSR count). The summed E-state index contributed by atoms with van der Waals surface area (Å²) in [6, 6.07) is 26.4. The number of aromatic nitrogens is 1. The van der Waals surface area contributed by atoms with E-state index in [4.69, 9.17) is 28.7 Å². The SMILES string of the molecule is CCOC(=O)C1=C(c2ccccc2)N=c2s/c(=C\c3ccc(OCc4ccc(C(=O)OCC)cc4)c(Br)c3)c(=O)n2[C@H]1c1ccc(OC)c(OC)c1. The van der Waals surface area contributed by atoms with E-state index in [-0.39, 0.29) is 30.3 Å². The number of rotatable bonds is 12. The van der Waals surface area contributed by atoms with Crippen LogP contribution < -0.4 is 29.1 Å². The number of halogens is 1. The molecule has 0 radical (unpaired) electrons. The summed E-state index contributed by atoms with van der Waals surface area (Å²) in [4.78, 5) is 45.4. The first-order chi connectivity index (χ1) is 25.3. The first kappa shape index (κ1) is 36.3. The van der Waals surface area contributed by atoms with E-state index in [9.17, 15) is 14.4 Å². The van der Waals surface area contributed by atoms with E-state index in [1.54, 1.807) is 57.4 Å². The standard InChI is InChI=1S/C40H35BrN2O8S/c1-5-49-38(45)27-15-12-24(13-16-27)23-51-30-18-14-25(20-29(30)41)21-33-37(44)43-36(28-17-19-31(47-3)32(22-28)48-4)34(39(46)50-6-2)35(42-40(43)52-33)26-10-8-7-9-11-26/h7-22,36H,5-6,23H2,1-4H3/b33-21-/t36-/m0/s1. The lowest BCUT2D eigenvalue weighted by molar-refractivity contribution is -0.138. The van der Waals surface area contributed by atoms with Crippen LogP contribution in [0.3, 0.4) is 0 Å². The highest BCUT2D eigenvalue weighted by Crippen LogP contribution is 2.38. The molecule has 52 heavy (non-hydrogen) atoms. The molecule has 2 heterocycles. The highest BCUT2D eigenvalue weighted by molar-refractivity contribution is 9.10. The van der Waals surface area contributed by atoms with Crippen molar-refractivity contribution in [2.75, 3.05) is 27.4 Å². The van der Waals surface area contributed by atoms with Gasteiger partial charge in [-0.1, -0.05) is 65.9 Å². The molecule has 1 aromatic heterocycles. The van der Waals surface area contributed by atoms with Crippen molar-refractivity contribution in [1.29, 1.82) is 0 Å². The zero-order valence-electron chi connectivity index (χ0n) is 28.9. The molecule has 1 atom stereocenters. The van der Waals surface area contributed by atoms with Crippen molar-refractivity contribution in [1.82, 2.24) is 4.57 Å². The van der Waals surface area contributed by atoms with Crippen LogP contribution in [0.2, 0.25) is 0 Å². The van der Waals surface area contributed by atoms with Gasteiger partial charge in [-0.3, -0.25) is 9.36 Å². The van der Waals surface area contributed by atoms with Crippen LogP contribution in [0.25, 0.3) is 11.8 Å². The number of fused-ring (bicyclic) bond motifs is 1. The number of hydrogen-bond donors (Lipinski definition) is 0. The van der Waals surface area contributed by atoms with Crippen LogP contribution in [0.15, 0.2) is 111 Å². The first-order valence-electron chi connectivity index (χ1n) is 16.4. The monoisotopic (exact) mass is 782 g/mol. The molecule has 0 aliphatic carbocycles. The normalized spacial score (nSPS) is 13.9. The molecule has 12 heteroatoms. The van der Waals surface area contributed by atoms with Gasteiger partial charge in [0.15, 0.2) is 16.3 Å². The topological polar surface area (TPSA) is 115 Å². The molecule has 0 saturated carbocycles. The highest BCUT2D eigenvalue weighted by Gasteiger charge is 2.35. The largest absolute Gasteiger partial charge is 0.493 e. The summed E-state index contributed by atoms with van der Waals surface area (Å²) in [7, 11) is 3.08. The molecule has 0 spiro atoms. The minimum absolute atomic E-state index is 0.143. The van der Waals surface area contributed by atoms with Gasteiger partial charge in [0.2, 0.25) is 0 Å². The number of methoxy groups -OCH3 is 2. The maximum absolute atomic E-state index is 14.3. The number of carbonyl (C=O) groups excluding carboxylic acids is 2. The van der Waals surface area contributed by atoms with Gasteiger partial charge >= 0.3 is 11.9 Å². The molecule has 0 saturated heterocycles. The van der Waals surface area contributed by atoms with Crippen LogP contribution in [0.5, 0.6) is 17.2 Å². The van der Waals surface area contributed by atoms with E-state index in [0.717, 1.165) is 11.1 Å². The summed E-state index contributed by atoms with van der Waals surface area (Å²) < 4.78 is 30.4. The lowest BCUT2D eigenvalue weighted by Gasteiger charge is -2.26. The number of nitrogens with zero attached hydrogens (tertiary/aromatic N) is 2. The Labute approximate surface area is 312 Å². The summed E-state index contributed by atoms with van der Waals surface area (Å²) in [5.41, 5.74) is 3.78. The summed E-state index contributed by atoms with van der Waals surface area (Å²) in [5.74, 6) is 0.618. The fourth-order valence-electron chi connectivity index (χ4n) is 5.77. The van der Waals surface area contributed by atoms with Gasteiger partial charge < -0.3 is 23.7 Å². The summed E-state index contributed by atoms with van der Waals surface area (Å²) >= 11 is 4.84. The second kappa shape index (κ2) is 16.3. The van der Waals surface area contributed by atoms with Gasteiger partial charge in [-0.15, -0.1) is 0 Å². The molecule has 266 valence electrons. The number of esters is 2. The maximum atomic E-state index is 14.3. The van der Waals surface area contributed by atoms with Crippen molar-refractivity contribution in [2.45, 2.75) is 26.5 Å². The molecule has 4 aromatic carbocycles. The Hall–Kier alpha value is -5.46. The Balaban J connectivity index is 1.40. The van der Waals surface area contributed by atoms with E-state index in [0.29, 0.717) is 60.0 Å². The Bertz CT molecular complexity index is 2330. The van der Waals surface area contributed by atoms with Crippen LogP contribution in [-0.2, 0) is 20.9 Å². The van der Waals surface area contributed by atoms with Gasteiger partial charge in [-0.05, 0) is 88.9 Å². The van der Waals surface area contributed by atoms with E-state index in [1.807, 2.05) is 60.7 Å². The third-order valence-corrected chi connectivity index (χ3v) is 9.81. The third-order valence-electron chi connectivity index (χ3n) is 8.21. The van der Waals surface area contributed by atoms with Crippen LogP contribution in [-0.4, -0.2) is 43.9 Å². The summed E-state index contributed by atoms with van der Waals surface area (Å²) in [6.07, 6.45) is 1.79. The van der Waals surface area contributed by atoms with E-state index >= 15 is 0 Å². The quantitative estimate of drug-likeness (QED) is 0.132. The van der Waals surface area contributed by atoms with Gasteiger partial charge in [0.1, 0.15) is 12.4 Å². The fourth-order valence-corrected chi connectivity index (χ4v) is 7.28. The minimum atomic E-state index is -0.874. The molecule has 10 nitrogen and oxygen atoms in total. The van der Waals surface area contributed by atoms with Gasteiger partial charge in [0.25, 0.3) is 5.56 Å². The maximum Gasteiger partial charge on any atom is 0.338 e. The number of benzene rings is 4. The number of hydrogen-bond acceptors (Lipinski definition) is 10. The molecule has 0 unspecified atom stereocenters. The Morgan fingerprint density at radius 2 is 1.54 bits per heavy atom. The van der Waals surface area contributed by atoms with Gasteiger partial charge in [-0.25, -0.2) is 14.6 Å². The van der Waals surface area contributed by atoms with Crippen molar-refractivity contribution in [3.63, 3.8) is 0 Å². The predicted molar refractivity (Wildman–Crippen MR) is 201 cm³/mol. The molecule has 1 aliphatic rings. The molecule has 0 N–H and O–H groups in total. The predicted octanol–water partition coefficient (Wildman–Crippen LogP) is 6.47. The molecule has 5 aromatic rings. The van der Waals surface area contributed by atoms with E-state index in [2.05, 4.69) is 15.9 Å². The Kier molecular flexibility index (Phi) is 11.4. The Morgan fingerprint density at radius 1 is 0.846 bits per heavy atom. The summed E-state index contributed by atoms with van der Waals surface area (Å²) in [6.45, 7) is 4.24. The van der Waals surface area contributed by atoms with Crippen molar-refractivity contribution in [3.05, 3.63) is 149 Å². The van der Waals surface area contributed by atoms with Crippen molar-refractivity contribution in [2.24, 2.45) is 4.99 Å². The molecule has 0 bridgehead atoms. The van der Waals surface area contributed by atoms with E-state index in [1.165, 1.54) is 23.0 Å². The fraction of sp³-hybridized carbons (Fsp3) is 0.200. The summed E-state index contributed by atoms with van der Waals surface area (Å²) in [5, 5.41) is 0. The van der Waals surface area contributed by atoms with Crippen molar-refractivity contribution < 1.29 is 33.3 Å². The van der Waals surface area contributed by atoms with E-state index < -0.39 is 12.0 Å². The molecule has 1 aliphatic heterocycles. The molecular weight excluding hydrogens is 748 g/mol. The van der Waals surface area contributed by atoms with Crippen molar-refractivity contribution >= 4 is 51.0 Å². The molecule has 0 amide bonds. The lowest BCUT2D eigenvalue weighted by Crippen LogP contribution is -2.40. The van der Waals surface area contributed by atoms with Crippen LogP contribution in [0.1, 0.15) is 52.5 Å². The van der Waals surface area contributed by atoms with Crippen LogP contribution >= 0.6 is 27.3 Å². The smallest absolute Gasteiger partial charge is 0.338 e. The number of carbonyl (C=O) groups is 2. The molecular formula is C40H35BrN2O8S. The zero-order chi connectivity index (χ0) is 36.8. The van der Waals surface area contributed by atoms with Crippen LogP contribution in [0.4, 0.5) is 0 Å². The highest BCUT2D eigenvalue weighted by atomic mass is 79.9. The lowest BCUT2D eigenvalue weighted by atomic mass is 9.93. The zero-order valence-corrected chi connectivity index (χ0v) is 31.3. The van der Waals surface area contributed by atoms with Gasteiger partial charge in [-0.2, -0.15) is 0 Å². The average Bonchev–Trinajstić information content (AvgIpc) is 3.47. The Morgan fingerprint density at radius 3 is 2.21 bits per heavy atom. The number of ether oxygens (including phenoxy) is 5.